The molecule has 0 unspecified atom stereocenters. The Kier molecular flexibility index (Phi) is 7.47. The van der Waals surface area contributed by atoms with E-state index >= 15 is 0 Å². The summed E-state index contributed by atoms with van der Waals surface area (Å²) in [6.07, 6.45) is 1.54. The number of halogens is 3. The van der Waals surface area contributed by atoms with E-state index in [4.69, 9.17) is 0 Å². The standard InChI is InChI=1S/C29H29F3N4O3/c1-20-16-23(27(37)35-14-12-34(13-15-35)11-8-21-6-9-33-10-7-21)17-24-19-36(28(38)26(20)24)18-22-2-4-25(5-3-22)39-29(30,31)32/h2-7,9-10,16-17,19,38H,8,11-15,18H2,1H3. The first kappa shape index (κ1) is 26.6. The molecule has 1 N–H and O–H groups in total. The molecule has 7 nitrogen and oxygen atoms in total. The summed E-state index contributed by atoms with van der Waals surface area (Å²) >= 11 is 0. The Bertz CT molecular complexity index is 1440. The van der Waals surface area contributed by atoms with Crippen molar-refractivity contribution in [3.63, 3.8) is 0 Å². The SMILES string of the molecule is Cc1cc(C(=O)N2CCN(CCc3ccncc3)CC2)cc2cn(Cc3ccc(OC(F)(F)F)cc3)c(O)c12. The molecule has 2 aromatic heterocycles. The Morgan fingerprint density at radius 1 is 1.00 bits per heavy atom. The molecule has 3 heterocycles. The second-order valence-electron chi connectivity index (χ2n) is 9.77. The second kappa shape index (κ2) is 11.0. The van der Waals surface area contributed by atoms with Gasteiger partial charge in [0.05, 0.1) is 6.54 Å². The highest BCUT2D eigenvalue weighted by atomic mass is 19.4. The molecule has 2 aromatic carbocycles. The molecule has 0 bridgehead atoms. The highest BCUT2D eigenvalue weighted by Gasteiger charge is 2.31. The van der Waals surface area contributed by atoms with Crippen LogP contribution in [-0.2, 0) is 13.0 Å². The minimum Gasteiger partial charge on any atom is -0.494 e. The second-order valence-corrected chi connectivity index (χ2v) is 9.77. The molecule has 1 fully saturated rings. The van der Waals surface area contributed by atoms with E-state index in [0.717, 1.165) is 37.0 Å². The molecule has 0 saturated carbocycles. The average Bonchev–Trinajstić information content (AvgIpc) is 3.23. The van der Waals surface area contributed by atoms with Crippen molar-refractivity contribution in [3.05, 3.63) is 89.4 Å². The Morgan fingerprint density at radius 2 is 1.69 bits per heavy atom. The van der Waals surface area contributed by atoms with Crippen LogP contribution in [0.3, 0.4) is 0 Å². The minimum absolute atomic E-state index is 0.0405. The summed E-state index contributed by atoms with van der Waals surface area (Å²) in [5.41, 5.74) is 3.28. The Morgan fingerprint density at radius 3 is 2.36 bits per heavy atom. The van der Waals surface area contributed by atoms with Gasteiger partial charge in [0.25, 0.3) is 5.91 Å². The molecule has 10 heteroatoms. The number of aromatic hydroxyl groups is 1. The summed E-state index contributed by atoms with van der Waals surface area (Å²) in [6.45, 7) is 5.94. The molecule has 204 valence electrons. The zero-order valence-corrected chi connectivity index (χ0v) is 21.5. The fourth-order valence-corrected chi connectivity index (χ4v) is 5.03. The zero-order chi connectivity index (χ0) is 27.6. The largest absolute Gasteiger partial charge is 0.573 e. The number of hydrogen-bond donors (Lipinski definition) is 1. The van der Waals surface area contributed by atoms with Gasteiger partial charge in [-0.05, 0) is 66.4 Å². The number of alkyl halides is 3. The van der Waals surface area contributed by atoms with E-state index in [-0.39, 0.29) is 24.1 Å². The molecule has 39 heavy (non-hydrogen) atoms. The van der Waals surface area contributed by atoms with Crippen LogP contribution in [0.15, 0.2) is 67.1 Å². The summed E-state index contributed by atoms with van der Waals surface area (Å²) < 4.78 is 42.8. The topological polar surface area (TPSA) is 70.8 Å². The summed E-state index contributed by atoms with van der Waals surface area (Å²) in [5, 5.41) is 12.2. The molecule has 5 rings (SSSR count). The van der Waals surface area contributed by atoms with Crippen molar-refractivity contribution < 1.29 is 27.8 Å². The molecule has 1 amide bonds. The van der Waals surface area contributed by atoms with Crippen LogP contribution in [0.2, 0.25) is 0 Å². The van der Waals surface area contributed by atoms with E-state index in [1.165, 1.54) is 29.8 Å². The van der Waals surface area contributed by atoms with Gasteiger partial charge >= 0.3 is 6.36 Å². The van der Waals surface area contributed by atoms with Gasteiger partial charge in [0.15, 0.2) is 5.88 Å². The maximum absolute atomic E-state index is 13.3. The number of amides is 1. The van der Waals surface area contributed by atoms with Crippen LogP contribution < -0.4 is 4.74 Å². The number of benzene rings is 2. The van der Waals surface area contributed by atoms with Crippen molar-refractivity contribution in [2.24, 2.45) is 0 Å². The summed E-state index contributed by atoms with van der Waals surface area (Å²) in [5.74, 6) is -0.303. The maximum atomic E-state index is 13.3. The lowest BCUT2D eigenvalue weighted by Crippen LogP contribution is -2.49. The van der Waals surface area contributed by atoms with Gasteiger partial charge in [0.2, 0.25) is 0 Å². The molecule has 4 aromatic rings. The van der Waals surface area contributed by atoms with E-state index in [1.54, 1.807) is 35.3 Å². The van der Waals surface area contributed by atoms with E-state index in [1.807, 2.05) is 24.0 Å². The molecular weight excluding hydrogens is 509 g/mol. The lowest BCUT2D eigenvalue weighted by atomic mass is 10.0. The van der Waals surface area contributed by atoms with Gasteiger partial charge in [-0.15, -0.1) is 13.2 Å². The first-order chi connectivity index (χ1) is 18.7. The molecule has 1 aliphatic rings. The minimum atomic E-state index is -4.75. The number of pyridine rings is 1. The van der Waals surface area contributed by atoms with Crippen molar-refractivity contribution in [1.29, 1.82) is 0 Å². The van der Waals surface area contributed by atoms with Gasteiger partial charge in [0.1, 0.15) is 5.75 Å². The van der Waals surface area contributed by atoms with Gasteiger partial charge in [0, 0.05) is 67.7 Å². The molecule has 1 saturated heterocycles. The van der Waals surface area contributed by atoms with Gasteiger partial charge in [-0.3, -0.25) is 14.7 Å². The van der Waals surface area contributed by atoms with Gasteiger partial charge < -0.3 is 19.3 Å². The highest BCUT2D eigenvalue weighted by molar-refractivity contribution is 6.01. The maximum Gasteiger partial charge on any atom is 0.573 e. The molecule has 0 spiro atoms. The van der Waals surface area contributed by atoms with Crippen LogP contribution in [0.5, 0.6) is 11.6 Å². The molecule has 1 aliphatic heterocycles. The first-order valence-corrected chi connectivity index (χ1v) is 12.7. The van der Waals surface area contributed by atoms with E-state index < -0.39 is 6.36 Å². The number of aromatic nitrogens is 2. The van der Waals surface area contributed by atoms with E-state index in [2.05, 4.69) is 14.6 Å². The van der Waals surface area contributed by atoms with Crippen LogP contribution in [0.25, 0.3) is 10.8 Å². The van der Waals surface area contributed by atoms with Gasteiger partial charge in [-0.2, -0.15) is 0 Å². The van der Waals surface area contributed by atoms with Crippen LogP contribution in [-0.4, -0.2) is 69.5 Å². The molecule has 0 radical (unpaired) electrons. The monoisotopic (exact) mass is 538 g/mol. The molecular formula is C29H29F3N4O3. The third-order valence-electron chi connectivity index (χ3n) is 7.04. The lowest BCUT2D eigenvalue weighted by molar-refractivity contribution is -0.274. The van der Waals surface area contributed by atoms with Crippen molar-refractivity contribution in [3.8, 4) is 11.6 Å². The smallest absolute Gasteiger partial charge is 0.494 e. The predicted molar refractivity (Wildman–Crippen MR) is 141 cm³/mol. The number of carbonyl (C=O) groups excluding carboxylic acids is 1. The van der Waals surface area contributed by atoms with Crippen molar-refractivity contribution in [2.75, 3.05) is 32.7 Å². The van der Waals surface area contributed by atoms with Crippen molar-refractivity contribution in [2.45, 2.75) is 26.3 Å². The van der Waals surface area contributed by atoms with Crippen LogP contribution in [0, 0.1) is 6.92 Å². The quantitative estimate of drug-likeness (QED) is 0.359. The number of piperazine rings is 1. The molecule has 0 atom stereocenters. The summed E-state index contributed by atoms with van der Waals surface area (Å²) in [4.78, 5) is 21.6. The van der Waals surface area contributed by atoms with E-state index in [0.29, 0.717) is 29.6 Å². The fraction of sp³-hybridized carbons (Fsp3) is 0.310. The third kappa shape index (κ3) is 6.34. The highest BCUT2D eigenvalue weighted by Crippen LogP contribution is 2.33. The number of rotatable bonds is 7. The predicted octanol–water partition coefficient (Wildman–Crippen LogP) is 5.00. The Balaban J connectivity index is 1.24. The van der Waals surface area contributed by atoms with Crippen LogP contribution in [0.1, 0.15) is 27.0 Å². The summed E-state index contributed by atoms with van der Waals surface area (Å²) in [7, 11) is 0. The normalized spacial score (nSPS) is 14.6. The zero-order valence-electron chi connectivity index (χ0n) is 21.5. The third-order valence-corrected chi connectivity index (χ3v) is 7.04. The number of aryl methyl sites for hydroxylation is 1. The van der Waals surface area contributed by atoms with Gasteiger partial charge in [-0.1, -0.05) is 12.1 Å². The average molecular weight is 539 g/mol. The fourth-order valence-electron chi connectivity index (χ4n) is 5.03. The van der Waals surface area contributed by atoms with E-state index in [9.17, 15) is 23.1 Å². The number of fused-ring (bicyclic) bond motifs is 1. The number of hydrogen-bond acceptors (Lipinski definition) is 5. The summed E-state index contributed by atoms with van der Waals surface area (Å²) in [6, 6.07) is 13.1. The van der Waals surface area contributed by atoms with Crippen LogP contribution >= 0.6 is 0 Å². The number of nitrogens with zero attached hydrogens (tertiary/aromatic N) is 4. The van der Waals surface area contributed by atoms with Crippen molar-refractivity contribution >= 4 is 16.7 Å². The number of carbonyl (C=O) groups is 1. The van der Waals surface area contributed by atoms with Gasteiger partial charge in [-0.25, -0.2) is 0 Å². The lowest BCUT2D eigenvalue weighted by Gasteiger charge is -2.34. The molecule has 0 aliphatic carbocycles. The Labute approximate surface area is 224 Å². The van der Waals surface area contributed by atoms with Crippen molar-refractivity contribution in [1.82, 2.24) is 19.4 Å². The Hall–Kier alpha value is -4.05. The van der Waals surface area contributed by atoms with Crippen LogP contribution in [0.4, 0.5) is 13.2 Å². The number of ether oxygens (including phenoxy) is 1. The first-order valence-electron chi connectivity index (χ1n) is 12.7.